The zero-order chi connectivity index (χ0) is 36.6. The smallest absolute Gasteiger partial charge is 0.143 e. The summed E-state index contributed by atoms with van der Waals surface area (Å²) in [5, 5.41) is 2.30. The predicted octanol–water partition coefficient (Wildman–Crippen LogP) is 14.9. The highest BCUT2D eigenvalue weighted by Gasteiger charge is 2.24. The van der Waals surface area contributed by atoms with Crippen LogP contribution in [0.25, 0.3) is 44.2 Å². The van der Waals surface area contributed by atoms with Gasteiger partial charge in [0, 0.05) is 50.6 Å². The Hall–Kier alpha value is -7.36. The van der Waals surface area contributed by atoms with Gasteiger partial charge in [-0.3, -0.25) is 0 Å². The van der Waals surface area contributed by atoms with Crippen LogP contribution in [0, 0.1) is 0 Å². The van der Waals surface area contributed by atoms with Crippen LogP contribution in [0.2, 0.25) is 0 Å². The molecule has 1 aliphatic heterocycles. The van der Waals surface area contributed by atoms with E-state index < -0.39 is 0 Å². The van der Waals surface area contributed by atoms with Gasteiger partial charge in [-0.05, 0) is 119 Å². The molecule has 0 bridgehead atoms. The van der Waals surface area contributed by atoms with Crippen LogP contribution in [0.4, 0.5) is 34.1 Å². The third kappa shape index (κ3) is 5.98. The summed E-state index contributed by atoms with van der Waals surface area (Å²) < 4.78 is 6.87. The van der Waals surface area contributed by atoms with Crippen molar-refractivity contribution < 1.29 is 4.74 Å². The van der Waals surface area contributed by atoms with Gasteiger partial charge in [0.1, 0.15) is 11.5 Å². The Morgan fingerprint density at radius 3 is 1.25 bits per heavy atom. The zero-order valence-electron chi connectivity index (χ0n) is 30.1. The second-order valence-corrected chi connectivity index (χ2v) is 13.8. The lowest BCUT2D eigenvalue weighted by molar-refractivity contribution is 0.489. The molecule has 0 aliphatic carbocycles. The first kappa shape index (κ1) is 32.3. The normalized spacial score (nSPS) is 11.4. The molecule has 0 spiro atoms. The summed E-state index contributed by atoms with van der Waals surface area (Å²) >= 11 is 0. The molecule has 9 aromatic rings. The van der Waals surface area contributed by atoms with Crippen molar-refractivity contribution in [2.45, 2.75) is 0 Å². The van der Waals surface area contributed by atoms with E-state index >= 15 is 0 Å². The Bertz CT molecular complexity index is 2670. The van der Waals surface area contributed by atoms with Gasteiger partial charge in [0.25, 0.3) is 0 Å². The molecule has 0 unspecified atom stereocenters. The van der Waals surface area contributed by atoms with Crippen molar-refractivity contribution in [3.8, 4) is 44.9 Å². The standard InChI is InChI=1S/C52H36N2O/c1-5-15-41(16-6-1)53(42-17-7-2-8-18-42)45-30-24-37(25-31-45)40-29-35-50-49(36-40)48-23-13-14-39-28-34-47(52(55-50)51(39)48)38-26-32-46(33-27-38)54(43-19-9-3-10-20-43)44-21-11-4-12-22-44/h1-36H. The third-order valence-electron chi connectivity index (χ3n) is 10.4. The van der Waals surface area contributed by atoms with E-state index in [1.54, 1.807) is 0 Å². The summed E-state index contributed by atoms with van der Waals surface area (Å²) in [6, 6.07) is 77.2. The number of benzene rings is 9. The Labute approximate surface area is 321 Å². The van der Waals surface area contributed by atoms with Gasteiger partial charge in [0.15, 0.2) is 0 Å². The largest absolute Gasteiger partial charge is 0.455 e. The summed E-state index contributed by atoms with van der Waals surface area (Å²) in [5.74, 6) is 1.76. The second-order valence-electron chi connectivity index (χ2n) is 13.8. The van der Waals surface area contributed by atoms with Crippen LogP contribution in [0.1, 0.15) is 0 Å². The van der Waals surface area contributed by atoms with E-state index in [-0.39, 0.29) is 0 Å². The maximum absolute atomic E-state index is 6.87. The molecule has 1 heterocycles. The van der Waals surface area contributed by atoms with E-state index in [2.05, 4.69) is 228 Å². The van der Waals surface area contributed by atoms with Crippen LogP contribution in [-0.4, -0.2) is 0 Å². The lowest BCUT2D eigenvalue weighted by Crippen LogP contribution is -2.09. The molecule has 3 heteroatoms. The van der Waals surface area contributed by atoms with Crippen LogP contribution in [0.5, 0.6) is 11.5 Å². The monoisotopic (exact) mass is 704 g/mol. The maximum atomic E-state index is 6.87. The van der Waals surface area contributed by atoms with Crippen molar-refractivity contribution in [1.29, 1.82) is 0 Å². The average Bonchev–Trinajstić information content (AvgIpc) is 3.26. The molecule has 1 aliphatic rings. The number of fused-ring (bicyclic) bond motifs is 2. The first-order valence-corrected chi connectivity index (χ1v) is 18.7. The van der Waals surface area contributed by atoms with Gasteiger partial charge in [0.2, 0.25) is 0 Å². The van der Waals surface area contributed by atoms with Crippen molar-refractivity contribution in [2.75, 3.05) is 9.80 Å². The van der Waals surface area contributed by atoms with Crippen LogP contribution < -0.4 is 14.5 Å². The summed E-state index contributed by atoms with van der Waals surface area (Å²) in [6.45, 7) is 0. The van der Waals surface area contributed by atoms with Crippen LogP contribution in [0.3, 0.4) is 0 Å². The summed E-state index contributed by atoms with van der Waals surface area (Å²) in [6.07, 6.45) is 0. The first-order valence-electron chi connectivity index (χ1n) is 18.7. The molecule has 0 fully saturated rings. The zero-order valence-corrected chi connectivity index (χ0v) is 30.1. The molecule has 0 aromatic heterocycles. The predicted molar refractivity (Wildman–Crippen MR) is 230 cm³/mol. The number of hydrogen-bond donors (Lipinski definition) is 0. The highest BCUT2D eigenvalue weighted by atomic mass is 16.5. The van der Waals surface area contributed by atoms with Crippen LogP contribution in [0.15, 0.2) is 218 Å². The molecular weight excluding hydrogens is 669 g/mol. The molecule has 0 saturated heterocycles. The molecule has 9 aromatic carbocycles. The molecular formula is C52H36N2O. The number of para-hydroxylation sites is 4. The quantitative estimate of drug-likeness (QED) is 0.157. The Morgan fingerprint density at radius 2 is 0.745 bits per heavy atom. The Morgan fingerprint density at radius 1 is 0.291 bits per heavy atom. The average molecular weight is 705 g/mol. The van der Waals surface area contributed by atoms with E-state index in [4.69, 9.17) is 4.74 Å². The fraction of sp³-hybridized carbons (Fsp3) is 0. The summed E-state index contributed by atoms with van der Waals surface area (Å²) in [7, 11) is 0. The fourth-order valence-corrected chi connectivity index (χ4v) is 7.82. The summed E-state index contributed by atoms with van der Waals surface area (Å²) in [5.41, 5.74) is 13.4. The number of hydrogen-bond acceptors (Lipinski definition) is 3. The molecule has 0 N–H and O–H groups in total. The van der Waals surface area contributed by atoms with E-state index in [9.17, 15) is 0 Å². The molecule has 10 rings (SSSR count). The minimum Gasteiger partial charge on any atom is -0.455 e. The SMILES string of the molecule is c1ccc(N(c2ccccc2)c2ccc(-c3ccc4c(c3)-c3cccc5ccc(-c6ccc(N(c7ccccc7)c7ccccc7)cc6)c(c35)O4)cc2)cc1. The molecule has 0 atom stereocenters. The molecule has 0 amide bonds. The lowest BCUT2D eigenvalue weighted by Gasteiger charge is -2.26. The van der Waals surface area contributed by atoms with E-state index in [1.165, 1.54) is 5.56 Å². The lowest BCUT2D eigenvalue weighted by atomic mass is 9.89. The van der Waals surface area contributed by atoms with Crippen LogP contribution in [-0.2, 0) is 0 Å². The van der Waals surface area contributed by atoms with Gasteiger partial charge in [-0.2, -0.15) is 0 Å². The second kappa shape index (κ2) is 13.9. The van der Waals surface area contributed by atoms with E-state index in [0.717, 1.165) is 84.2 Å². The van der Waals surface area contributed by atoms with Crippen molar-refractivity contribution >= 4 is 44.9 Å². The summed E-state index contributed by atoms with van der Waals surface area (Å²) in [4.78, 5) is 4.57. The van der Waals surface area contributed by atoms with Crippen molar-refractivity contribution in [3.05, 3.63) is 218 Å². The molecule has 55 heavy (non-hydrogen) atoms. The van der Waals surface area contributed by atoms with Gasteiger partial charge in [-0.25, -0.2) is 0 Å². The fourth-order valence-electron chi connectivity index (χ4n) is 7.82. The Balaban J connectivity index is 0.998. The highest BCUT2D eigenvalue weighted by molar-refractivity contribution is 6.08. The number of rotatable bonds is 8. The van der Waals surface area contributed by atoms with Gasteiger partial charge in [0.05, 0.1) is 0 Å². The first-order chi connectivity index (χ1) is 27.3. The maximum Gasteiger partial charge on any atom is 0.143 e. The molecule has 0 radical (unpaired) electrons. The van der Waals surface area contributed by atoms with Crippen LogP contribution >= 0.6 is 0 Å². The number of nitrogens with zero attached hydrogens (tertiary/aromatic N) is 2. The van der Waals surface area contributed by atoms with Crippen molar-refractivity contribution in [3.63, 3.8) is 0 Å². The van der Waals surface area contributed by atoms with Gasteiger partial charge < -0.3 is 14.5 Å². The van der Waals surface area contributed by atoms with Gasteiger partial charge >= 0.3 is 0 Å². The minimum absolute atomic E-state index is 0.864. The van der Waals surface area contributed by atoms with Gasteiger partial charge in [-0.1, -0.05) is 127 Å². The molecule has 0 saturated carbocycles. The Kier molecular flexibility index (Phi) is 8.16. The highest BCUT2D eigenvalue weighted by Crippen LogP contribution is 2.51. The minimum atomic E-state index is 0.864. The van der Waals surface area contributed by atoms with E-state index in [1.807, 2.05) is 0 Å². The van der Waals surface area contributed by atoms with Gasteiger partial charge in [-0.15, -0.1) is 0 Å². The topological polar surface area (TPSA) is 15.7 Å². The third-order valence-corrected chi connectivity index (χ3v) is 10.4. The molecule has 260 valence electrons. The number of anilines is 6. The van der Waals surface area contributed by atoms with Crippen molar-refractivity contribution in [1.82, 2.24) is 0 Å². The number of ether oxygens (including phenoxy) is 1. The van der Waals surface area contributed by atoms with Crippen molar-refractivity contribution in [2.24, 2.45) is 0 Å². The molecule has 3 nitrogen and oxygen atoms in total. The van der Waals surface area contributed by atoms with E-state index in [0.29, 0.717) is 0 Å².